The van der Waals surface area contributed by atoms with Gasteiger partial charge in [-0.25, -0.2) is 9.59 Å². The normalized spacial score (nSPS) is 25.9. The molecule has 0 radical (unpaired) electrons. The summed E-state index contributed by atoms with van der Waals surface area (Å²) in [6.07, 6.45) is 0.470. The van der Waals surface area contributed by atoms with Gasteiger partial charge in [-0.1, -0.05) is 0 Å². The van der Waals surface area contributed by atoms with E-state index in [0.717, 1.165) is 0 Å². The van der Waals surface area contributed by atoms with E-state index in [0.29, 0.717) is 11.1 Å². The van der Waals surface area contributed by atoms with E-state index in [-0.39, 0.29) is 47.0 Å². The van der Waals surface area contributed by atoms with Crippen LogP contribution in [0.25, 0.3) is 11.1 Å². The molecule has 2 unspecified atom stereocenters. The predicted octanol–water partition coefficient (Wildman–Crippen LogP) is 2.75. The number of allylic oxidation sites excluding steroid dienone is 2. The van der Waals surface area contributed by atoms with Gasteiger partial charge in [0, 0.05) is 39.2 Å². The molecule has 0 bridgehead atoms. The van der Waals surface area contributed by atoms with E-state index in [4.69, 9.17) is 18.3 Å². The highest BCUT2D eigenvalue weighted by Crippen LogP contribution is 2.49. The lowest BCUT2D eigenvalue weighted by Crippen LogP contribution is -2.40. The Balaban J connectivity index is 2.15. The first-order valence-electron chi connectivity index (χ1n) is 9.38. The predicted molar refractivity (Wildman–Crippen MR) is 107 cm³/mol. The van der Waals surface area contributed by atoms with Gasteiger partial charge in [-0.3, -0.25) is 0 Å². The Labute approximate surface area is 171 Å². The number of aliphatic hydroxyl groups excluding tert-OH is 2. The van der Waals surface area contributed by atoms with Gasteiger partial charge in [0.1, 0.15) is 34.2 Å². The Kier molecular flexibility index (Phi) is 4.52. The van der Waals surface area contributed by atoms with Crippen molar-refractivity contribution in [3.05, 3.63) is 79.3 Å². The number of aliphatic hydroxyl groups is 2. The van der Waals surface area contributed by atoms with Gasteiger partial charge < -0.3 is 28.5 Å². The van der Waals surface area contributed by atoms with E-state index in [1.165, 1.54) is 26.4 Å². The quantitative estimate of drug-likeness (QED) is 0.787. The molecule has 2 aromatic rings. The van der Waals surface area contributed by atoms with E-state index in [1.807, 2.05) is 0 Å². The number of fused-ring (bicyclic) bond motifs is 2. The topological polar surface area (TPSA) is 119 Å². The summed E-state index contributed by atoms with van der Waals surface area (Å²) in [6, 6.07) is 5.72. The van der Waals surface area contributed by atoms with Gasteiger partial charge in [-0.2, -0.15) is 0 Å². The van der Waals surface area contributed by atoms with Crippen molar-refractivity contribution in [3.8, 4) is 0 Å². The van der Waals surface area contributed by atoms with Crippen molar-refractivity contribution in [2.45, 2.75) is 37.9 Å². The summed E-state index contributed by atoms with van der Waals surface area (Å²) >= 11 is 0. The van der Waals surface area contributed by atoms with Crippen LogP contribution in [0.5, 0.6) is 0 Å². The molecule has 0 saturated carbocycles. The number of rotatable bonds is 3. The zero-order valence-electron chi connectivity index (χ0n) is 17.1. The third kappa shape index (κ3) is 2.83. The minimum Gasteiger partial charge on any atom is -0.508 e. The van der Waals surface area contributed by atoms with Crippen LogP contribution in [-0.2, 0) is 22.3 Å². The molecule has 158 valence electrons. The highest BCUT2D eigenvalue weighted by atomic mass is 16.5. The van der Waals surface area contributed by atoms with Crippen LogP contribution < -0.4 is 11.3 Å². The fourth-order valence-corrected chi connectivity index (χ4v) is 4.03. The Morgan fingerprint density at radius 1 is 0.767 bits per heavy atom. The summed E-state index contributed by atoms with van der Waals surface area (Å²) in [6.45, 7) is 3.35. The fraction of sp³-hybridized carbons (Fsp3) is 0.364. The first kappa shape index (κ1) is 20.2. The first-order chi connectivity index (χ1) is 14.1. The Hall–Kier alpha value is -3.10. The van der Waals surface area contributed by atoms with Gasteiger partial charge in [-0.15, -0.1) is 0 Å². The molecule has 0 spiro atoms. The van der Waals surface area contributed by atoms with Gasteiger partial charge in [0.15, 0.2) is 0 Å². The number of hydrogen-bond donors (Lipinski definition) is 2. The molecule has 2 N–H and O–H groups in total. The summed E-state index contributed by atoms with van der Waals surface area (Å²) in [5.74, 6) is -0.361. The average molecular weight is 414 g/mol. The third-order valence-corrected chi connectivity index (χ3v) is 5.97. The van der Waals surface area contributed by atoms with Crippen LogP contribution in [0.1, 0.15) is 36.5 Å². The van der Waals surface area contributed by atoms with Crippen molar-refractivity contribution < 1.29 is 28.5 Å². The van der Waals surface area contributed by atoms with Gasteiger partial charge in [-0.05, 0) is 37.1 Å². The van der Waals surface area contributed by atoms with Gasteiger partial charge in [0.25, 0.3) is 0 Å². The van der Waals surface area contributed by atoms with Crippen LogP contribution in [0.15, 0.2) is 54.2 Å². The van der Waals surface area contributed by atoms with Crippen molar-refractivity contribution in [2.75, 3.05) is 14.2 Å². The second-order valence-corrected chi connectivity index (χ2v) is 7.89. The van der Waals surface area contributed by atoms with Crippen LogP contribution in [0.2, 0.25) is 0 Å². The summed E-state index contributed by atoms with van der Waals surface area (Å²) < 4.78 is 22.0. The summed E-state index contributed by atoms with van der Waals surface area (Å²) in [5.41, 5.74) is -2.34. The Bertz CT molecular complexity index is 1120. The van der Waals surface area contributed by atoms with Crippen molar-refractivity contribution in [1.82, 2.24) is 0 Å². The molecule has 4 rings (SSSR count). The zero-order valence-corrected chi connectivity index (χ0v) is 17.1. The van der Waals surface area contributed by atoms with E-state index < -0.39 is 22.5 Å². The summed E-state index contributed by atoms with van der Waals surface area (Å²) in [5, 5.41) is 22.4. The van der Waals surface area contributed by atoms with Gasteiger partial charge in [0.05, 0.1) is 11.1 Å². The molecule has 8 heteroatoms. The maximum atomic E-state index is 12.0. The van der Waals surface area contributed by atoms with E-state index >= 15 is 0 Å². The van der Waals surface area contributed by atoms with E-state index in [9.17, 15) is 19.8 Å². The van der Waals surface area contributed by atoms with Crippen LogP contribution >= 0.6 is 0 Å². The SMILES string of the molecule is COC1(C)Cc2ccc(=O)oc2C(C2=C(O)C(C)(OC)Cc3ccc(=O)oc32)=C1O. The van der Waals surface area contributed by atoms with E-state index in [2.05, 4.69) is 0 Å². The third-order valence-electron chi connectivity index (χ3n) is 5.97. The van der Waals surface area contributed by atoms with Crippen LogP contribution in [0, 0.1) is 0 Å². The molecule has 2 aliphatic carbocycles. The standard InChI is InChI=1S/C22H22O8/c1-21(27-3)9-11-5-7-13(23)29-17(11)15(19(21)25)16-18-12(6-8-14(24)30-18)10-22(2,28-4)20(16)26/h5-8,25-26H,9-10H2,1-4H3. The molecular weight excluding hydrogens is 392 g/mol. The van der Waals surface area contributed by atoms with Crippen molar-refractivity contribution in [1.29, 1.82) is 0 Å². The Morgan fingerprint density at radius 2 is 1.13 bits per heavy atom. The number of methoxy groups -OCH3 is 2. The second kappa shape index (κ2) is 6.72. The largest absolute Gasteiger partial charge is 0.508 e. The smallest absolute Gasteiger partial charge is 0.336 e. The highest BCUT2D eigenvalue weighted by molar-refractivity contribution is 6.07. The maximum Gasteiger partial charge on any atom is 0.336 e. The van der Waals surface area contributed by atoms with Crippen molar-refractivity contribution >= 4 is 11.1 Å². The van der Waals surface area contributed by atoms with Crippen LogP contribution in [0.3, 0.4) is 0 Å². The molecule has 8 nitrogen and oxygen atoms in total. The van der Waals surface area contributed by atoms with Crippen molar-refractivity contribution in [2.24, 2.45) is 0 Å². The van der Waals surface area contributed by atoms with Gasteiger partial charge in [0.2, 0.25) is 0 Å². The molecular formula is C22H22O8. The summed E-state index contributed by atoms with van der Waals surface area (Å²) in [7, 11) is 2.89. The molecule has 0 fully saturated rings. The molecule has 0 aromatic carbocycles. The summed E-state index contributed by atoms with van der Waals surface area (Å²) in [4.78, 5) is 24.0. The van der Waals surface area contributed by atoms with Crippen LogP contribution in [-0.4, -0.2) is 35.6 Å². The first-order valence-corrected chi connectivity index (χ1v) is 9.38. The molecule has 2 atom stereocenters. The molecule has 0 aliphatic heterocycles. The molecule has 0 amide bonds. The lowest BCUT2D eigenvalue weighted by Gasteiger charge is -2.38. The highest BCUT2D eigenvalue weighted by Gasteiger charge is 2.46. The van der Waals surface area contributed by atoms with Crippen LogP contribution in [0.4, 0.5) is 0 Å². The number of ether oxygens (including phenoxy) is 2. The minimum atomic E-state index is -1.16. The molecule has 2 aromatic heterocycles. The second-order valence-electron chi connectivity index (χ2n) is 7.89. The molecule has 30 heavy (non-hydrogen) atoms. The van der Waals surface area contributed by atoms with E-state index in [1.54, 1.807) is 26.0 Å². The Morgan fingerprint density at radius 3 is 1.47 bits per heavy atom. The molecule has 2 aliphatic rings. The minimum absolute atomic E-state index is 0.0226. The van der Waals surface area contributed by atoms with Gasteiger partial charge >= 0.3 is 11.3 Å². The lowest BCUT2D eigenvalue weighted by molar-refractivity contribution is 0.00114. The van der Waals surface area contributed by atoms with Crippen molar-refractivity contribution in [3.63, 3.8) is 0 Å². The monoisotopic (exact) mass is 414 g/mol. The lowest BCUT2D eigenvalue weighted by atomic mass is 9.75. The fourth-order valence-electron chi connectivity index (χ4n) is 4.03. The molecule has 0 saturated heterocycles. The maximum absolute atomic E-state index is 12.0. The zero-order chi connectivity index (χ0) is 21.8. The number of hydrogen-bond acceptors (Lipinski definition) is 8. The molecule has 2 heterocycles. The average Bonchev–Trinajstić information content (AvgIpc) is 2.72.